The summed E-state index contributed by atoms with van der Waals surface area (Å²) < 4.78 is 8.55. The summed E-state index contributed by atoms with van der Waals surface area (Å²) in [5.41, 5.74) is 2.89. The predicted molar refractivity (Wildman–Crippen MR) is 92.6 cm³/mol. The highest BCUT2D eigenvalue weighted by atomic mass is 32.1. The number of benzene rings is 1. The van der Waals surface area contributed by atoms with Crippen molar-refractivity contribution < 1.29 is 9.90 Å². The number of carbonyl (C=O) groups excluding carboxylic acids is 1. The number of piperidine rings is 1. The summed E-state index contributed by atoms with van der Waals surface area (Å²) in [6, 6.07) is 6.23. The van der Waals surface area contributed by atoms with Crippen molar-refractivity contribution in [2.75, 3.05) is 32.8 Å². The third-order valence-electron chi connectivity index (χ3n) is 5.35. The molecular weight excluding hydrogens is 324 g/mol. The quantitative estimate of drug-likeness (QED) is 0.908. The van der Waals surface area contributed by atoms with Gasteiger partial charge in [0.05, 0.1) is 23.8 Å². The van der Waals surface area contributed by atoms with E-state index in [1.54, 1.807) is 0 Å². The first-order valence-electron chi connectivity index (χ1n) is 8.54. The van der Waals surface area contributed by atoms with E-state index in [1.807, 2.05) is 11.0 Å². The fraction of sp³-hybridized carbons (Fsp3) is 0.588. The summed E-state index contributed by atoms with van der Waals surface area (Å²) in [4.78, 5) is 17.1. The maximum Gasteiger partial charge on any atom is 0.230 e. The van der Waals surface area contributed by atoms with Crippen LogP contribution in [0.3, 0.4) is 0 Å². The van der Waals surface area contributed by atoms with Crippen molar-refractivity contribution in [3.63, 3.8) is 0 Å². The highest BCUT2D eigenvalue weighted by Crippen LogP contribution is 2.40. The molecule has 3 heterocycles. The minimum Gasteiger partial charge on any atom is -0.395 e. The first-order valence-corrected chi connectivity index (χ1v) is 9.27. The molecule has 1 amide bonds. The van der Waals surface area contributed by atoms with Gasteiger partial charge in [-0.05, 0) is 43.5 Å². The SMILES string of the molecule is O=C1N(CCO)CCC[C@@]12CCN(Cc1ccc3nsnc3c1)C2. The van der Waals surface area contributed by atoms with Crippen LogP contribution >= 0.6 is 11.7 Å². The van der Waals surface area contributed by atoms with E-state index in [4.69, 9.17) is 5.11 Å². The normalized spacial score (nSPS) is 25.2. The van der Waals surface area contributed by atoms with Gasteiger partial charge in [-0.3, -0.25) is 9.69 Å². The molecule has 0 radical (unpaired) electrons. The number of aromatic nitrogens is 2. The van der Waals surface area contributed by atoms with E-state index in [2.05, 4.69) is 25.8 Å². The molecule has 0 unspecified atom stereocenters. The van der Waals surface area contributed by atoms with Gasteiger partial charge in [-0.25, -0.2) is 0 Å². The fourth-order valence-corrected chi connectivity index (χ4v) is 4.66. The first-order chi connectivity index (χ1) is 11.7. The van der Waals surface area contributed by atoms with Gasteiger partial charge >= 0.3 is 0 Å². The number of likely N-dealkylation sites (tertiary alicyclic amines) is 2. The van der Waals surface area contributed by atoms with E-state index in [0.29, 0.717) is 6.54 Å². The van der Waals surface area contributed by atoms with Gasteiger partial charge in [-0.2, -0.15) is 8.75 Å². The molecule has 6 nitrogen and oxygen atoms in total. The Morgan fingerprint density at radius 1 is 1.21 bits per heavy atom. The lowest BCUT2D eigenvalue weighted by Gasteiger charge is -2.39. The number of aliphatic hydroxyl groups excluding tert-OH is 1. The average Bonchev–Trinajstić information content (AvgIpc) is 3.20. The van der Waals surface area contributed by atoms with Crippen molar-refractivity contribution in [2.45, 2.75) is 25.8 Å². The molecule has 128 valence electrons. The molecule has 1 spiro atoms. The Hall–Kier alpha value is -1.57. The number of fused-ring (bicyclic) bond motifs is 1. The van der Waals surface area contributed by atoms with Gasteiger partial charge in [0.2, 0.25) is 5.91 Å². The second-order valence-electron chi connectivity index (χ2n) is 6.95. The molecule has 0 saturated carbocycles. The molecule has 2 fully saturated rings. The van der Waals surface area contributed by atoms with E-state index in [0.717, 1.165) is 56.5 Å². The number of aliphatic hydroxyl groups is 1. The van der Waals surface area contributed by atoms with Crippen LogP contribution in [0.4, 0.5) is 0 Å². The van der Waals surface area contributed by atoms with Crippen LogP contribution in [0.2, 0.25) is 0 Å². The van der Waals surface area contributed by atoms with Gasteiger partial charge < -0.3 is 10.0 Å². The topological polar surface area (TPSA) is 69.6 Å². The van der Waals surface area contributed by atoms with Crippen molar-refractivity contribution in [3.8, 4) is 0 Å². The molecule has 2 aromatic rings. The van der Waals surface area contributed by atoms with E-state index < -0.39 is 0 Å². The molecule has 2 aliphatic rings. The molecule has 0 bridgehead atoms. The number of hydrogen-bond acceptors (Lipinski definition) is 6. The Morgan fingerprint density at radius 2 is 2.08 bits per heavy atom. The molecule has 1 aromatic heterocycles. The third kappa shape index (κ3) is 2.81. The van der Waals surface area contributed by atoms with Crippen molar-refractivity contribution >= 4 is 28.7 Å². The molecule has 0 aliphatic carbocycles. The smallest absolute Gasteiger partial charge is 0.230 e. The molecule has 2 aliphatic heterocycles. The number of rotatable bonds is 4. The van der Waals surface area contributed by atoms with Gasteiger partial charge in [-0.1, -0.05) is 6.07 Å². The largest absolute Gasteiger partial charge is 0.395 e. The Kier molecular flexibility index (Phi) is 4.24. The van der Waals surface area contributed by atoms with Gasteiger partial charge in [0.25, 0.3) is 0 Å². The monoisotopic (exact) mass is 346 g/mol. The van der Waals surface area contributed by atoms with Crippen molar-refractivity contribution in [3.05, 3.63) is 23.8 Å². The molecule has 2 saturated heterocycles. The van der Waals surface area contributed by atoms with E-state index >= 15 is 0 Å². The van der Waals surface area contributed by atoms with E-state index in [1.165, 1.54) is 17.3 Å². The first kappa shape index (κ1) is 15.9. The summed E-state index contributed by atoms with van der Waals surface area (Å²) in [5.74, 6) is 0.240. The fourth-order valence-electron chi connectivity index (χ4n) is 4.14. The summed E-state index contributed by atoms with van der Waals surface area (Å²) in [6.45, 7) is 3.92. The van der Waals surface area contributed by atoms with E-state index in [9.17, 15) is 4.79 Å². The van der Waals surface area contributed by atoms with Crippen LogP contribution in [-0.4, -0.2) is 62.3 Å². The highest BCUT2D eigenvalue weighted by molar-refractivity contribution is 7.00. The average molecular weight is 346 g/mol. The van der Waals surface area contributed by atoms with Crippen LogP contribution in [0.15, 0.2) is 18.2 Å². The highest BCUT2D eigenvalue weighted by Gasteiger charge is 2.47. The zero-order chi connectivity index (χ0) is 16.6. The van der Waals surface area contributed by atoms with Crippen LogP contribution in [-0.2, 0) is 11.3 Å². The van der Waals surface area contributed by atoms with Crippen LogP contribution in [0.5, 0.6) is 0 Å². The Labute approximate surface area is 145 Å². The molecule has 7 heteroatoms. The number of nitrogens with zero attached hydrogens (tertiary/aromatic N) is 4. The third-order valence-corrected chi connectivity index (χ3v) is 5.91. The second-order valence-corrected chi connectivity index (χ2v) is 7.48. The number of amides is 1. The lowest BCUT2D eigenvalue weighted by atomic mass is 9.78. The van der Waals surface area contributed by atoms with E-state index in [-0.39, 0.29) is 17.9 Å². The summed E-state index contributed by atoms with van der Waals surface area (Å²) >= 11 is 1.24. The van der Waals surface area contributed by atoms with Crippen LogP contribution in [0.1, 0.15) is 24.8 Å². The minimum absolute atomic E-state index is 0.0488. The van der Waals surface area contributed by atoms with Gasteiger partial charge in [0.1, 0.15) is 11.0 Å². The summed E-state index contributed by atoms with van der Waals surface area (Å²) in [6.07, 6.45) is 2.93. The van der Waals surface area contributed by atoms with Crippen LogP contribution in [0.25, 0.3) is 11.0 Å². The molecule has 1 N–H and O–H groups in total. The van der Waals surface area contributed by atoms with Crippen LogP contribution < -0.4 is 0 Å². The molecule has 1 atom stereocenters. The standard InChI is InChI=1S/C17H22N4O2S/c22-9-8-21-6-1-4-17(16(21)23)5-7-20(12-17)11-13-2-3-14-15(10-13)19-24-18-14/h2-3,10,22H,1,4-9,11-12H2/t17-/m0/s1. The van der Waals surface area contributed by atoms with Gasteiger partial charge in [0.15, 0.2) is 0 Å². The molecule has 24 heavy (non-hydrogen) atoms. The Morgan fingerprint density at radius 3 is 2.96 bits per heavy atom. The zero-order valence-corrected chi connectivity index (χ0v) is 14.5. The Bertz CT molecular complexity index is 747. The molecular formula is C17H22N4O2S. The van der Waals surface area contributed by atoms with Crippen molar-refractivity contribution in [2.24, 2.45) is 5.41 Å². The number of β-amino-alcohol motifs (C(OH)–C–C–N with tert-alkyl or cyclic N) is 1. The maximum absolute atomic E-state index is 12.8. The summed E-state index contributed by atoms with van der Waals surface area (Å²) in [5, 5.41) is 9.17. The maximum atomic E-state index is 12.8. The second kappa shape index (κ2) is 6.38. The predicted octanol–water partition coefficient (Wildman–Crippen LogP) is 1.50. The number of carbonyl (C=O) groups is 1. The lowest BCUT2D eigenvalue weighted by molar-refractivity contribution is -0.146. The lowest BCUT2D eigenvalue weighted by Crippen LogP contribution is -2.50. The van der Waals surface area contributed by atoms with Gasteiger partial charge in [0, 0.05) is 26.2 Å². The molecule has 4 rings (SSSR count). The van der Waals surface area contributed by atoms with Crippen LogP contribution in [0, 0.1) is 5.41 Å². The number of hydrogen-bond donors (Lipinski definition) is 1. The summed E-state index contributed by atoms with van der Waals surface area (Å²) in [7, 11) is 0. The minimum atomic E-state index is -0.236. The van der Waals surface area contributed by atoms with Crippen molar-refractivity contribution in [1.82, 2.24) is 18.5 Å². The molecule has 1 aromatic carbocycles. The van der Waals surface area contributed by atoms with Gasteiger partial charge in [-0.15, -0.1) is 0 Å². The zero-order valence-electron chi connectivity index (χ0n) is 13.6. The Balaban J connectivity index is 1.46. The van der Waals surface area contributed by atoms with Crippen molar-refractivity contribution in [1.29, 1.82) is 0 Å².